The van der Waals surface area contributed by atoms with Crippen LogP contribution < -0.4 is 0 Å². The third kappa shape index (κ3) is 6.10. The van der Waals surface area contributed by atoms with Gasteiger partial charge in [0, 0.05) is 12.8 Å². The van der Waals surface area contributed by atoms with E-state index in [1.165, 1.54) is 0 Å². The van der Waals surface area contributed by atoms with Gasteiger partial charge in [-0.05, 0) is 54.1 Å². The minimum Gasteiger partial charge on any atom is -0.488 e. The van der Waals surface area contributed by atoms with Crippen molar-refractivity contribution in [3.05, 3.63) is 0 Å². The maximum atomic E-state index is 12.3. The van der Waals surface area contributed by atoms with E-state index in [1.807, 2.05) is 0 Å². The lowest BCUT2D eigenvalue weighted by atomic mass is 9.72. The Morgan fingerprint density at radius 2 is 1.65 bits per heavy atom. The minimum atomic E-state index is -2.22. The van der Waals surface area contributed by atoms with E-state index in [9.17, 15) is 9.59 Å². The van der Waals surface area contributed by atoms with Gasteiger partial charge in [-0.1, -0.05) is 48.5 Å². The van der Waals surface area contributed by atoms with Crippen molar-refractivity contribution in [2.75, 3.05) is 6.61 Å². The Morgan fingerprint density at radius 1 is 1.08 bits per heavy atom. The lowest BCUT2D eigenvalue weighted by molar-refractivity contribution is -0.123. The predicted molar refractivity (Wildman–Crippen MR) is 109 cm³/mol. The normalized spacial score (nSPS) is 21.5. The Labute approximate surface area is 161 Å². The first-order chi connectivity index (χ1) is 12.0. The molecule has 0 saturated heterocycles. The monoisotopic (exact) mass is 384 g/mol. The topological polar surface area (TPSA) is 52.6 Å². The quantitative estimate of drug-likeness (QED) is 0.254. The van der Waals surface area contributed by atoms with E-state index in [-0.39, 0.29) is 5.41 Å². The summed E-state index contributed by atoms with van der Waals surface area (Å²) in [7, 11) is -2.22. The highest BCUT2D eigenvalue weighted by molar-refractivity contribution is 6.78. The molecule has 0 amide bonds. The van der Waals surface area contributed by atoms with Gasteiger partial charge in [-0.25, -0.2) is 4.79 Å². The van der Waals surface area contributed by atoms with E-state index in [0.717, 1.165) is 38.5 Å². The molecule has 0 spiro atoms. The molecule has 0 aromatic heterocycles. The zero-order chi connectivity index (χ0) is 20.0. The summed E-state index contributed by atoms with van der Waals surface area (Å²) in [4.78, 5) is 24.0. The fraction of sp³-hybridized carbons (Fsp3) is 0.905. The molecule has 1 saturated carbocycles. The number of carbonyl (C=O) groups is 2. The van der Waals surface area contributed by atoms with Gasteiger partial charge in [0.05, 0.1) is 6.61 Å². The Kier molecular flexibility index (Phi) is 8.84. The molecule has 26 heavy (non-hydrogen) atoms. The number of hydrogen-bond acceptors (Lipinski definition) is 4. The van der Waals surface area contributed by atoms with Gasteiger partial charge in [0.25, 0.3) is 8.32 Å². The van der Waals surface area contributed by atoms with Crippen molar-refractivity contribution in [3.8, 4) is 0 Å². The van der Waals surface area contributed by atoms with Crippen molar-refractivity contribution in [1.29, 1.82) is 0 Å². The summed E-state index contributed by atoms with van der Waals surface area (Å²) in [6, 6.07) is 0. The fourth-order valence-electron chi connectivity index (χ4n) is 4.92. The van der Waals surface area contributed by atoms with Crippen molar-refractivity contribution >= 4 is 20.3 Å². The largest absolute Gasteiger partial charge is 0.494 e. The van der Waals surface area contributed by atoms with E-state index >= 15 is 0 Å². The maximum absolute atomic E-state index is 12.3. The van der Waals surface area contributed by atoms with Crippen LogP contribution in [0.3, 0.4) is 0 Å². The highest BCUT2D eigenvalue weighted by Crippen LogP contribution is 2.42. The number of ether oxygens (including phenoxy) is 1. The molecular formula is C21H40O4Si. The molecule has 0 radical (unpaired) electrons. The molecular weight excluding hydrogens is 344 g/mol. The minimum absolute atomic E-state index is 0.144. The van der Waals surface area contributed by atoms with Crippen LogP contribution in [0.25, 0.3) is 0 Å². The first kappa shape index (κ1) is 23.2. The number of unbranched alkanes of at least 4 members (excludes halogenated alkanes) is 1. The summed E-state index contributed by atoms with van der Waals surface area (Å²) in [5.41, 5.74) is 1.22. The Bertz CT molecular complexity index is 451. The highest BCUT2D eigenvalue weighted by atomic mass is 28.4. The summed E-state index contributed by atoms with van der Waals surface area (Å²) in [6.45, 7) is 15.6. The van der Waals surface area contributed by atoms with Gasteiger partial charge >= 0.3 is 6.16 Å². The molecule has 0 N–H and O–H groups in total. The lowest BCUT2D eigenvalue weighted by Crippen LogP contribution is -2.49. The zero-order valence-corrected chi connectivity index (χ0v) is 19.0. The van der Waals surface area contributed by atoms with E-state index < -0.39 is 14.5 Å². The smallest absolute Gasteiger partial charge is 0.488 e. The summed E-state index contributed by atoms with van der Waals surface area (Å²) >= 11 is 0. The van der Waals surface area contributed by atoms with Crippen LogP contribution in [0, 0.1) is 5.41 Å². The molecule has 1 rings (SSSR count). The standard InChI is InChI=1S/C21H40O4Si/c1-16(2)26(17(3)4,18(5)6)25-20(23)24-14-9-8-12-21(7)13-10-11-19(22)15-21/h16-18H,8-15H2,1-7H3. The van der Waals surface area contributed by atoms with Gasteiger partial charge in [-0.2, -0.15) is 0 Å². The third-order valence-electron chi connectivity index (χ3n) is 6.22. The van der Waals surface area contributed by atoms with Crippen LogP contribution in [-0.2, 0) is 14.0 Å². The summed E-state index contributed by atoms with van der Waals surface area (Å²) in [5.74, 6) is 0.399. The molecule has 0 aliphatic heterocycles. The molecule has 0 aromatic rings. The molecule has 5 heteroatoms. The number of ketones is 1. The van der Waals surface area contributed by atoms with Crippen molar-refractivity contribution in [2.24, 2.45) is 5.41 Å². The predicted octanol–water partition coefficient (Wildman–Crippen LogP) is 6.63. The summed E-state index contributed by atoms with van der Waals surface area (Å²) in [6.07, 6.45) is 5.96. The Hall–Kier alpha value is -0.843. The van der Waals surface area contributed by atoms with Crippen LogP contribution in [-0.4, -0.2) is 26.9 Å². The molecule has 152 valence electrons. The molecule has 1 aliphatic rings. The maximum Gasteiger partial charge on any atom is 0.494 e. The average molecular weight is 385 g/mol. The zero-order valence-electron chi connectivity index (χ0n) is 18.0. The van der Waals surface area contributed by atoms with Crippen LogP contribution in [0.2, 0.25) is 16.6 Å². The lowest BCUT2D eigenvalue weighted by Gasteiger charge is -2.40. The van der Waals surface area contributed by atoms with Crippen LogP contribution in [0.1, 0.15) is 93.4 Å². The molecule has 0 heterocycles. The number of hydrogen-bond donors (Lipinski definition) is 0. The van der Waals surface area contributed by atoms with Crippen molar-refractivity contribution in [3.63, 3.8) is 0 Å². The second kappa shape index (κ2) is 9.91. The molecule has 1 fully saturated rings. The van der Waals surface area contributed by atoms with Crippen LogP contribution >= 0.6 is 0 Å². The molecule has 1 aliphatic carbocycles. The van der Waals surface area contributed by atoms with Crippen molar-refractivity contribution < 1.29 is 18.8 Å². The summed E-state index contributed by atoms with van der Waals surface area (Å²) in [5, 5.41) is 0. The second-order valence-electron chi connectivity index (χ2n) is 9.35. The number of rotatable bonds is 9. The number of carbonyl (C=O) groups excluding carboxylic acids is 2. The van der Waals surface area contributed by atoms with Gasteiger partial charge < -0.3 is 9.16 Å². The Balaban J connectivity index is 2.40. The molecule has 0 aromatic carbocycles. The molecule has 4 nitrogen and oxygen atoms in total. The van der Waals surface area contributed by atoms with Crippen molar-refractivity contribution in [1.82, 2.24) is 0 Å². The average Bonchev–Trinajstić information content (AvgIpc) is 2.50. The fourth-order valence-corrected chi connectivity index (χ4v) is 9.97. The summed E-state index contributed by atoms with van der Waals surface area (Å²) < 4.78 is 11.4. The van der Waals surface area contributed by atoms with Crippen LogP contribution in [0.4, 0.5) is 4.79 Å². The van der Waals surface area contributed by atoms with E-state index in [2.05, 4.69) is 48.5 Å². The van der Waals surface area contributed by atoms with E-state index in [1.54, 1.807) is 0 Å². The molecule has 0 bridgehead atoms. The van der Waals surface area contributed by atoms with E-state index in [4.69, 9.17) is 9.16 Å². The first-order valence-corrected chi connectivity index (χ1v) is 12.5. The van der Waals surface area contributed by atoms with Crippen LogP contribution in [0.5, 0.6) is 0 Å². The SMILES string of the molecule is CC(C)[Si](OC(=O)OCCCCC1(C)CCCC(=O)C1)(C(C)C)C(C)C. The third-order valence-corrected chi connectivity index (χ3v) is 12.2. The van der Waals surface area contributed by atoms with E-state index in [0.29, 0.717) is 35.4 Å². The molecule has 1 unspecified atom stereocenters. The van der Waals surface area contributed by atoms with Gasteiger partial charge in [0.2, 0.25) is 0 Å². The Morgan fingerprint density at radius 3 is 2.15 bits per heavy atom. The van der Waals surface area contributed by atoms with Gasteiger partial charge in [-0.3, -0.25) is 4.79 Å². The van der Waals surface area contributed by atoms with Gasteiger partial charge in [0.1, 0.15) is 5.78 Å². The van der Waals surface area contributed by atoms with Crippen molar-refractivity contribution in [2.45, 2.75) is 110 Å². The second-order valence-corrected chi connectivity index (χ2v) is 14.7. The number of Topliss-reactive ketones (excluding diaryl/α,β-unsaturated/α-hetero) is 1. The first-order valence-electron chi connectivity index (χ1n) is 10.4. The van der Waals surface area contributed by atoms with Crippen LogP contribution in [0.15, 0.2) is 0 Å². The van der Waals surface area contributed by atoms with Gasteiger partial charge in [-0.15, -0.1) is 0 Å². The van der Waals surface area contributed by atoms with Gasteiger partial charge in [0.15, 0.2) is 0 Å². The highest BCUT2D eigenvalue weighted by Gasteiger charge is 2.48. The molecule has 1 atom stereocenters.